The van der Waals surface area contributed by atoms with Crippen LogP contribution in [0.4, 0.5) is 4.39 Å². The molecule has 4 nitrogen and oxygen atoms in total. The van der Waals surface area contributed by atoms with Crippen molar-refractivity contribution in [1.82, 2.24) is 10.0 Å². The zero-order chi connectivity index (χ0) is 13.0. The SMILES string of the molecule is O=S(=O)(NCC[C@H]1CCCN1)c1ccc(F)cc1. The Morgan fingerprint density at radius 3 is 2.67 bits per heavy atom. The number of hydrogen-bond acceptors (Lipinski definition) is 3. The second kappa shape index (κ2) is 5.77. The maximum absolute atomic E-state index is 12.7. The Hall–Kier alpha value is -0.980. The van der Waals surface area contributed by atoms with E-state index in [2.05, 4.69) is 10.0 Å². The fourth-order valence-corrected chi connectivity index (χ4v) is 3.12. The van der Waals surface area contributed by atoms with E-state index in [4.69, 9.17) is 0 Å². The predicted molar refractivity (Wildman–Crippen MR) is 67.2 cm³/mol. The van der Waals surface area contributed by atoms with Gasteiger partial charge in [-0.25, -0.2) is 17.5 Å². The van der Waals surface area contributed by atoms with E-state index in [0.29, 0.717) is 12.6 Å². The molecule has 1 aromatic rings. The summed E-state index contributed by atoms with van der Waals surface area (Å²) < 4.78 is 39.0. The molecule has 1 saturated heterocycles. The smallest absolute Gasteiger partial charge is 0.240 e. The number of benzene rings is 1. The maximum Gasteiger partial charge on any atom is 0.240 e. The number of rotatable bonds is 5. The third kappa shape index (κ3) is 3.51. The van der Waals surface area contributed by atoms with Crippen LogP contribution < -0.4 is 10.0 Å². The van der Waals surface area contributed by atoms with Gasteiger partial charge in [0.05, 0.1) is 4.90 Å². The second-order valence-corrected chi connectivity index (χ2v) is 6.20. The van der Waals surface area contributed by atoms with Crippen LogP contribution in [0, 0.1) is 5.82 Å². The highest BCUT2D eigenvalue weighted by Crippen LogP contribution is 2.11. The van der Waals surface area contributed by atoms with Crippen molar-refractivity contribution in [2.45, 2.75) is 30.2 Å². The number of hydrogen-bond donors (Lipinski definition) is 2. The van der Waals surface area contributed by atoms with Crippen LogP contribution in [0.2, 0.25) is 0 Å². The van der Waals surface area contributed by atoms with E-state index in [1.807, 2.05) is 0 Å². The van der Waals surface area contributed by atoms with Crippen molar-refractivity contribution in [1.29, 1.82) is 0 Å². The molecule has 1 aliphatic heterocycles. The molecule has 0 radical (unpaired) electrons. The highest BCUT2D eigenvalue weighted by Gasteiger charge is 2.17. The quantitative estimate of drug-likeness (QED) is 0.848. The summed E-state index contributed by atoms with van der Waals surface area (Å²) in [6.45, 7) is 1.41. The largest absolute Gasteiger partial charge is 0.314 e. The van der Waals surface area contributed by atoms with Crippen LogP contribution in [0.15, 0.2) is 29.2 Å². The Morgan fingerprint density at radius 2 is 2.06 bits per heavy atom. The fourth-order valence-electron chi connectivity index (χ4n) is 2.07. The Labute approximate surface area is 107 Å². The summed E-state index contributed by atoms with van der Waals surface area (Å²) in [5.41, 5.74) is 0. The summed E-state index contributed by atoms with van der Waals surface area (Å²) in [4.78, 5) is 0.100. The van der Waals surface area contributed by atoms with Crippen molar-refractivity contribution >= 4 is 10.0 Å². The van der Waals surface area contributed by atoms with Crippen molar-refractivity contribution in [2.24, 2.45) is 0 Å². The second-order valence-electron chi connectivity index (χ2n) is 4.43. The number of sulfonamides is 1. The minimum Gasteiger partial charge on any atom is -0.314 e. The maximum atomic E-state index is 12.7. The Bertz CT molecular complexity index is 481. The molecule has 2 N–H and O–H groups in total. The molecule has 0 unspecified atom stereocenters. The van der Waals surface area contributed by atoms with E-state index in [9.17, 15) is 12.8 Å². The van der Waals surface area contributed by atoms with Crippen LogP contribution >= 0.6 is 0 Å². The van der Waals surface area contributed by atoms with Crippen LogP contribution in [-0.2, 0) is 10.0 Å². The molecule has 18 heavy (non-hydrogen) atoms. The zero-order valence-electron chi connectivity index (χ0n) is 10.0. The van der Waals surface area contributed by atoms with E-state index >= 15 is 0 Å². The van der Waals surface area contributed by atoms with Gasteiger partial charge in [0.2, 0.25) is 10.0 Å². The van der Waals surface area contributed by atoms with E-state index in [0.717, 1.165) is 37.9 Å². The lowest BCUT2D eigenvalue weighted by molar-refractivity contribution is 0.539. The first-order chi connectivity index (χ1) is 8.58. The molecule has 1 aliphatic rings. The van der Waals surface area contributed by atoms with Crippen LogP contribution in [0.3, 0.4) is 0 Å². The molecular formula is C12H17FN2O2S. The normalized spacial score (nSPS) is 20.2. The lowest BCUT2D eigenvalue weighted by Crippen LogP contribution is -2.30. The zero-order valence-corrected chi connectivity index (χ0v) is 10.8. The van der Waals surface area contributed by atoms with Gasteiger partial charge in [-0.3, -0.25) is 0 Å². The first-order valence-corrected chi connectivity index (χ1v) is 7.55. The summed E-state index contributed by atoms with van der Waals surface area (Å²) in [5.74, 6) is -0.441. The van der Waals surface area contributed by atoms with Gasteiger partial charge in [0, 0.05) is 12.6 Å². The molecule has 2 rings (SSSR count). The molecule has 0 bridgehead atoms. The lowest BCUT2D eigenvalue weighted by atomic mass is 10.2. The van der Waals surface area contributed by atoms with Gasteiger partial charge >= 0.3 is 0 Å². The van der Waals surface area contributed by atoms with Gasteiger partial charge < -0.3 is 5.32 Å². The van der Waals surface area contributed by atoms with Crippen LogP contribution in [-0.4, -0.2) is 27.5 Å². The molecule has 1 heterocycles. The molecule has 1 atom stereocenters. The standard InChI is InChI=1S/C12H17FN2O2S/c13-10-3-5-12(6-4-10)18(16,17)15-9-7-11-2-1-8-14-11/h3-6,11,14-15H,1-2,7-9H2/t11-/m1/s1. The Morgan fingerprint density at radius 1 is 1.33 bits per heavy atom. The minimum absolute atomic E-state index is 0.100. The van der Waals surface area contributed by atoms with Gasteiger partial charge in [-0.2, -0.15) is 0 Å². The van der Waals surface area contributed by atoms with Crippen molar-refractivity contribution in [3.63, 3.8) is 0 Å². The summed E-state index contributed by atoms with van der Waals surface area (Å²) >= 11 is 0. The van der Waals surface area contributed by atoms with E-state index in [1.54, 1.807) is 0 Å². The highest BCUT2D eigenvalue weighted by atomic mass is 32.2. The monoisotopic (exact) mass is 272 g/mol. The van der Waals surface area contributed by atoms with Crippen LogP contribution in [0.25, 0.3) is 0 Å². The fraction of sp³-hybridized carbons (Fsp3) is 0.500. The first-order valence-electron chi connectivity index (χ1n) is 6.06. The van der Waals surface area contributed by atoms with Crippen molar-refractivity contribution < 1.29 is 12.8 Å². The van der Waals surface area contributed by atoms with Gasteiger partial charge in [0.1, 0.15) is 5.82 Å². The van der Waals surface area contributed by atoms with Gasteiger partial charge in [-0.15, -0.1) is 0 Å². The molecule has 1 fully saturated rings. The van der Waals surface area contributed by atoms with E-state index < -0.39 is 15.8 Å². The highest BCUT2D eigenvalue weighted by molar-refractivity contribution is 7.89. The summed E-state index contributed by atoms with van der Waals surface area (Å²) in [5, 5.41) is 3.31. The number of halogens is 1. The van der Waals surface area contributed by atoms with Gasteiger partial charge in [-0.05, 0) is 50.1 Å². The van der Waals surface area contributed by atoms with Crippen molar-refractivity contribution in [3.8, 4) is 0 Å². The van der Waals surface area contributed by atoms with E-state index in [1.165, 1.54) is 12.1 Å². The summed E-state index contributed by atoms with van der Waals surface area (Å²) in [6, 6.07) is 5.23. The van der Waals surface area contributed by atoms with Gasteiger partial charge in [0.15, 0.2) is 0 Å². The predicted octanol–water partition coefficient (Wildman–Crippen LogP) is 1.25. The molecule has 6 heteroatoms. The van der Waals surface area contributed by atoms with Crippen molar-refractivity contribution in [2.75, 3.05) is 13.1 Å². The van der Waals surface area contributed by atoms with Crippen LogP contribution in [0.5, 0.6) is 0 Å². The molecule has 0 spiro atoms. The molecule has 1 aromatic carbocycles. The Balaban J connectivity index is 1.88. The number of nitrogens with one attached hydrogen (secondary N) is 2. The van der Waals surface area contributed by atoms with E-state index in [-0.39, 0.29) is 4.90 Å². The van der Waals surface area contributed by atoms with Crippen molar-refractivity contribution in [3.05, 3.63) is 30.1 Å². The molecule has 0 amide bonds. The third-order valence-corrected chi connectivity index (χ3v) is 4.55. The summed E-state index contributed by atoms with van der Waals surface area (Å²) in [7, 11) is -3.51. The molecule has 100 valence electrons. The van der Waals surface area contributed by atoms with Crippen LogP contribution in [0.1, 0.15) is 19.3 Å². The molecular weight excluding hydrogens is 255 g/mol. The summed E-state index contributed by atoms with van der Waals surface area (Å²) in [6.07, 6.45) is 3.02. The lowest BCUT2D eigenvalue weighted by Gasteiger charge is -2.11. The molecule has 0 aromatic heterocycles. The first kappa shape index (κ1) is 13.5. The molecule has 0 saturated carbocycles. The van der Waals surface area contributed by atoms with Gasteiger partial charge in [-0.1, -0.05) is 0 Å². The Kier molecular flexibility index (Phi) is 4.31. The average Bonchev–Trinajstić information content (AvgIpc) is 2.82. The minimum atomic E-state index is -3.51. The molecule has 0 aliphatic carbocycles. The topological polar surface area (TPSA) is 58.2 Å². The third-order valence-electron chi connectivity index (χ3n) is 3.07. The van der Waals surface area contributed by atoms with Gasteiger partial charge in [0.25, 0.3) is 0 Å². The average molecular weight is 272 g/mol.